The molecule has 0 saturated carbocycles. The van der Waals surface area contributed by atoms with E-state index in [0.717, 1.165) is 6.07 Å². The van der Waals surface area contributed by atoms with Gasteiger partial charge in [0.15, 0.2) is 5.78 Å². The molecule has 0 atom stereocenters. The Kier molecular flexibility index (Phi) is 8.02. The number of benzene rings is 3. The molecule has 0 unspecified atom stereocenters. The summed E-state index contributed by atoms with van der Waals surface area (Å²) in [4.78, 5) is 23.4. The maximum Gasteiger partial charge on any atom is 0.342 e. The molecule has 0 saturated heterocycles. The highest BCUT2D eigenvalue weighted by Gasteiger charge is 2.16. The van der Waals surface area contributed by atoms with E-state index in [1.54, 1.807) is 50.2 Å². The molecule has 31 heavy (non-hydrogen) atoms. The van der Waals surface area contributed by atoms with Gasteiger partial charge in [0.05, 0.1) is 19.3 Å². The van der Waals surface area contributed by atoms with Crippen LogP contribution in [-0.4, -0.2) is 40.8 Å². The van der Waals surface area contributed by atoms with Crippen LogP contribution in [0.15, 0.2) is 60.7 Å². The fraction of sp³-hybridized carbons (Fsp3) is 0.167. The van der Waals surface area contributed by atoms with Crippen molar-refractivity contribution in [2.75, 3.05) is 13.7 Å². The molecule has 3 N–H and O–H groups in total. The molecule has 3 aromatic carbocycles. The zero-order valence-electron chi connectivity index (χ0n) is 17.5. The van der Waals surface area contributed by atoms with Gasteiger partial charge in [-0.05, 0) is 37.6 Å². The number of phenols is 3. The summed E-state index contributed by atoms with van der Waals surface area (Å²) in [6, 6.07) is 16.0. The van der Waals surface area contributed by atoms with Crippen LogP contribution in [0, 0.1) is 6.92 Å². The van der Waals surface area contributed by atoms with Crippen LogP contribution in [0.4, 0.5) is 0 Å². The average molecular weight is 424 g/mol. The van der Waals surface area contributed by atoms with Crippen molar-refractivity contribution in [1.82, 2.24) is 0 Å². The molecule has 0 aromatic heterocycles. The number of aryl methyl sites for hydroxylation is 1. The Labute approximate surface area is 180 Å². The molecule has 0 aliphatic rings. The summed E-state index contributed by atoms with van der Waals surface area (Å²) >= 11 is 0. The second-order valence-corrected chi connectivity index (χ2v) is 6.46. The Morgan fingerprint density at radius 3 is 2.13 bits per heavy atom. The van der Waals surface area contributed by atoms with Gasteiger partial charge in [-0.1, -0.05) is 30.3 Å². The number of aromatic hydroxyl groups is 3. The van der Waals surface area contributed by atoms with Crippen molar-refractivity contribution in [3.63, 3.8) is 0 Å². The zero-order chi connectivity index (χ0) is 23.0. The topological polar surface area (TPSA) is 113 Å². The second kappa shape index (κ2) is 10.7. The van der Waals surface area contributed by atoms with E-state index in [4.69, 9.17) is 14.6 Å². The first-order valence-electron chi connectivity index (χ1n) is 9.44. The molecule has 0 fully saturated rings. The van der Waals surface area contributed by atoms with E-state index < -0.39 is 5.97 Å². The molecule has 7 nitrogen and oxygen atoms in total. The number of carbonyl (C=O) groups is 2. The summed E-state index contributed by atoms with van der Waals surface area (Å²) in [6.07, 6.45) is 0. The number of carbonyl (C=O) groups excluding carboxylic acids is 2. The molecular formula is C24H24O7. The van der Waals surface area contributed by atoms with E-state index in [9.17, 15) is 19.8 Å². The van der Waals surface area contributed by atoms with Crippen LogP contribution in [-0.2, 0) is 4.74 Å². The van der Waals surface area contributed by atoms with Gasteiger partial charge in [-0.15, -0.1) is 0 Å². The first kappa shape index (κ1) is 23.3. The molecule has 3 rings (SSSR count). The number of esters is 1. The van der Waals surface area contributed by atoms with Crippen LogP contribution < -0.4 is 4.74 Å². The number of ether oxygens (including phenoxy) is 2. The van der Waals surface area contributed by atoms with E-state index >= 15 is 0 Å². The van der Waals surface area contributed by atoms with Gasteiger partial charge in [0.25, 0.3) is 0 Å². The van der Waals surface area contributed by atoms with Crippen LogP contribution in [0.3, 0.4) is 0 Å². The van der Waals surface area contributed by atoms with Gasteiger partial charge < -0.3 is 24.8 Å². The van der Waals surface area contributed by atoms with Crippen molar-refractivity contribution in [1.29, 1.82) is 0 Å². The molecular weight excluding hydrogens is 400 g/mol. The fourth-order valence-electron chi connectivity index (χ4n) is 2.79. The first-order valence-corrected chi connectivity index (χ1v) is 9.44. The maximum absolute atomic E-state index is 12.1. The van der Waals surface area contributed by atoms with Crippen molar-refractivity contribution >= 4 is 11.8 Å². The standard InChI is InChI=1S/C14H12O3.C10H12O4/c1-17-11-7-8-12(13(15)9-11)14(16)10-5-3-2-4-6-10;1-3-14-10(13)9-6(2)4-7(11)5-8(9)12/h2-9,15H,1H3;4-5,11-12H,3H2,1-2H3. The molecule has 0 amide bonds. The quantitative estimate of drug-likeness (QED) is 0.415. The van der Waals surface area contributed by atoms with E-state index in [-0.39, 0.29) is 40.8 Å². The van der Waals surface area contributed by atoms with Gasteiger partial charge in [-0.2, -0.15) is 0 Å². The number of hydrogen-bond acceptors (Lipinski definition) is 7. The summed E-state index contributed by atoms with van der Waals surface area (Å²) in [5, 5.41) is 28.3. The SMILES string of the molecule is CCOC(=O)c1c(C)cc(O)cc1O.COc1ccc(C(=O)c2ccccc2)c(O)c1. The van der Waals surface area contributed by atoms with Gasteiger partial charge in [0, 0.05) is 17.7 Å². The van der Waals surface area contributed by atoms with E-state index in [2.05, 4.69) is 0 Å². The van der Waals surface area contributed by atoms with Gasteiger partial charge in [-0.25, -0.2) is 4.79 Å². The van der Waals surface area contributed by atoms with Crippen LogP contribution >= 0.6 is 0 Å². The van der Waals surface area contributed by atoms with Crippen LogP contribution in [0.2, 0.25) is 0 Å². The maximum atomic E-state index is 12.1. The average Bonchev–Trinajstić information content (AvgIpc) is 2.73. The van der Waals surface area contributed by atoms with Crippen LogP contribution in [0.1, 0.15) is 38.8 Å². The highest BCUT2D eigenvalue weighted by Crippen LogP contribution is 2.27. The highest BCUT2D eigenvalue weighted by molar-refractivity contribution is 6.10. The number of ketones is 1. The lowest BCUT2D eigenvalue weighted by Crippen LogP contribution is -2.06. The largest absolute Gasteiger partial charge is 0.508 e. The predicted octanol–water partition coefficient (Wildman–Crippen LogP) is 4.21. The monoisotopic (exact) mass is 424 g/mol. The van der Waals surface area contributed by atoms with E-state index in [1.165, 1.54) is 19.2 Å². The van der Waals surface area contributed by atoms with Crippen LogP contribution in [0.25, 0.3) is 0 Å². The fourth-order valence-corrected chi connectivity index (χ4v) is 2.79. The number of rotatable bonds is 5. The lowest BCUT2D eigenvalue weighted by Gasteiger charge is -2.07. The number of hydrogen-bond donors (Lipinski definition) is 3. The van der Waals surface area contributed by atoms with Crippen LogP contribution in [0.5, 0.6) is 23.0 Å². The number of phenolic OH excluding ortho intramolecular Hbond substituents is 3. The Balaban J connectivity index is 0.000000225. The van der Waals surface area contributed by atoms with Crippen molar-refractivity contribution in [2.24, 2.45) is 0 Å². The van der Waals surface area contributed by atoms with Crippen molar-refractivity contribution in [2.45, 2.75) is 13.8 Å². The Morgan fingerprint density at radius 1 is 0.903 bits per heavy atom. The van der Waals surface area contributed by atoms with Gasteiger partial charge in [0.2, 0.25) is 0 Å². The molecule has 0 spiro atoms. The van der Waals surface area contributed by atoms with Gasteiger partial charge >= 0.3 is 5.97 Å². The summed E-state index contributed by atoms with van der Waals surface area (Å²) < 4.78 is 9.71. The molecule has 3 aromatic rings. The van der Waals surface area contributed by atoms with E-state index in [0.29, 0.717) is 16.9 Å². The van der Waals surface area contributed by atoms with Crippen molar-refractivity contribution in [3.8, 4) is 23.0 Å². The lowest BCUT2D eigenvalue weighted by molar-refractivity contribution is 0.0522. The third-order valence-corrected chi connectivity index (χ3v) is 4.26. The zero-order valence-corrected chi connectivity index (χ0v) is 17.5. The highest BCUT2D eigenvalue weighted by atomic mass is 16.5. The van der Waals surface area contributed by atoms with E-state index in [1.807, 2.05) is 6.07 Å². The molecule has 0 aliphatic carbocycles. The number of methoxy groups -OCH3 is 1. The Bertz CT molecular complexity index is 1040. The van der Waals surface area contributed by atoms with Crippen molar-refractivity contribution < 1.29 is 34.4 Å². The third-order valence-electron chi connectivity index (χ3n) is 4.26. The summed E-state index contributed by atoms with van der Waals surface area (Å²) in [6.45, 7) is 3.55. The minimum atomic E-state index is -0.581. The Hall–Kier alpha value is -4.00. The van der Waals surface area contributed by atoms with Gasteiger partial charge in [-0.3, -0.25) is 4.79 Å². The smallest absolute Gasteiger partial charge is 0.342 e. The second-order valence-electron chi connectivity index (χ2n) is 6.46. The Morgan fingerprint density at radius 2 is 1.58 bits per heavy atom. The summed E-state index contributed by atoms with van der Waals surface area (Å²) in [7, 11) is 1.51. The molecule has 0 aliphatic heterocycles. The molecule has 162 valence electrons. The minimum Gasteiger partial charge on any atom is -0.508 e. The molecule has 0 bridgehead atoms. The normalized spacial score (nSPS) is 9.90. The third kappa shape index (κ3) is 5.99. The first-order chi connectivity index (χ1) is 14.8. The van der Waals surface area contributed by atoms with Gasteiger partial charge in [0.1, 0.15) is 28.6 Å². The lowest BCUT2D eigenvalue weighted by atomic mass is 10.0. The molecule has 0 radical (unpaired) electrons. The predicted molar refractivity (Wildman–Crippen MR) is 115 cm³/mol. The molecule has 7 heteroatoms. The summed E-state index contributed by atoms with van der Waals surface area (Å²) in [5.74, 6) is -0.674. The minimum absolute atomic E-state index is 0.0711. The van der Waals surface area contributed by atoms with Crippen molar-refractivity contribution in [3.05, 3.63) is 82.9 Å². The summed E-state index contributed by atoms with van der Waals surface area (Å²) in [5.41, 5.74) is 1.41. The molecule has 0 heterocycles.